The number of aliphatic imine (C=N–C) groups is 1. The molecule has 0 bridgehead atoms. The predicted molar refractivity (Wildman–Crippen MR) is 52.5 cm³/mol. The molecule has 0 unspecified atom stereocenters. The number of hydrogen-bond acceptors (Lipinski definition) is 1. The third kappa shape index (κ3) is 4.83. The summed E-state index contributed by atoms with van der Waals surface area (Å²) in [7, 11) is 1.72. The summed E-state index contributed by atoms with van der Waals surface area (Å²) in [5.41, 5.74) is 1.10. The maximum absolute atomic E-state index is 11.8. The quantitative estimate of drug-likeness (QED) is 0.453. The van der Waals surface area contributed by atoms with Crippen LogP contribution in [0.2, 0.25) is 0 Å². The maximum atomic E-state index is 11.8. The first-order chi connectivity index (χ1) is 5.72. The van der Waals surface area contributed by atoms with Gasteiger partial charge in [0.05, 0.1) is 0 Å². The molecule has 0 aromatic carbocycles. The van der Waals surface area contributed by atoms with Gasteiger partial charge in [0.25, 0.3) is 0 Å². The Balaban J connectivity index is 4.32. The summed E-state index contributed by atoms with van der Waals surface area (Å²) >= 11 is 0. The van der Waals surface area contributed by atoms with Crippen LogP contribution < -0.4 is 0 Å². The van der Waals surface area contributed by atoms with Crippen molar-refractivity contribution in [2.45, 2.75) is 13.8 Å². The zero-order chi connectivity index (χ0) is 9.40. The van der Waals surface area contributed by atoms with Crippen LogP contribution in [0.3, 0.4) is 0 Å². The van der Waals surface area contributed by atoms with Gasteiger partial charge in [-0.15, -0.1) is 0 Å². The molecule has 1 nitrogen and oxygen atoms in total. The summed E-state index contributed by atoms with van der Waals surface area (Å²) in [5.74, 6) is 0.408. The summed E-state index contributed by atoms with van der Waals surface area (Å²) in [6.45, 7) is 3.73. The van der Waals surface area contributed by atoms with Crippen molar-refractivity contribution in [2.24, 2.45) is 10.9 Å². The van der Waals surface area contributed by atoms with E-state index in [0.29, 0.717) is 5.92 Å². The summed E-state index contributed by atoms with van der Waals surface area (Å²) < 4.78 is 11.8. The summed E-state index contributed by atoms with van der Waals surface area (Å²) in [5, 5.41) is 0. The number of nitrogens with zero attached hydrogens (tertiary/aromatic N) is 1. The van der Waals surface area contributed by atoms with Crippen LogP contribution in [0, 0.1) is 5.92 Å². The molecule has 0 saturated heterocycles. The van der Waals surface area contributed by atoms with Crippen molar-refractivity contribution in [1.82, 2.24) is 0 Å². The van der Waals surface area contributed by atoms with Gasteiger partial charge >= 0.3 is 0 Å². The molecular weight excluding hydrogens is 153 g/mol. The highest BCUT2D eigenvalue weighted by Crippen LogP contribution is 2.09. The Morgan fingerprint density at radius 2 is 2.17 bits per heavy atom. The molecule has 0 aliphatic carbocycles. The number of rotatable bonds is 4. The molecule has 0 heterocycles. The zero-order valence-corrected chi connectivity index (χ0v) is 7.92. The lowest BCUT2D eigenvalue weighted by molar-refractivity contribution is 0.561. The molecule has 0 radical (unpaired) electrons. The Kier molecular flexibility index (Phi) is 6.25. The molecule has 0 spiro atoms. The van der Waals surface area contributed by atoms with E-state index in [4.69, 9.17) is 0 Å². The molecule has 2 heteroatoms. The van der Waals surface area contributed by atoms with E-state index < -0.39 is 6.67 Å². The Bertz CT molecular complexity index is 190. The minimum absolute atomic E-state index is 0.408. The SMILES string of the molecule is CN=C/C=C(\C=C\CF)C(C)C. The zero-order valence-electron chi connectivity index (χ0n) is 7.92. The van der Waals surface area contributed by atoms with E-state index >= 15 is 0 Å². The van der Waals surface area contributed by atoms with Gasteiger partial charge in [0, 0.05) is 13.3 Å². The van der Waals surface area contributed by atoms with Crippen molar-refractivity contribution in [2.75, 3.05) is 13.7 Å². The van der Waals surface area contributed by atoms with Crippen LogP contribution in [-0.2, 0) is 0 Å². The Labute approximate surface area is 73.7 Å². The second-order valence-corrected chi connectivity index (χ2v) is 2.79. The van der Waals surface area contributed by atoms with Crippen molar-refractivity contribution >= 4 is 6.21 Å². The molecular formula is C10H16FN. The number of halogens is 1. The monoisotopic (exact) mass is 169 g/mol. The first-order valence-corrected chi connectivity index (χ1v) is 4.07. The molecule has 0 aromatic heterocycles. The van der Waals surface area contributed by atoms with Crippen molar-refractivity contribution in [1.29, 1.82) is 0 Å². The van der Waals surface area contributed by atoms with Crippen molar-refractivity contribution in [3.05, 3.63) is 23.8 Å². The smallest absolute Gasteiger partial charge is 0.108 e. The molecule has 0 saturated carbocycles. The fourth-order valence-electron chi connectivity index (χ4n) is 0.782. The largest absolute Gasteiger partial charge is 0.297 e. The van der Waals surface area contributed by atoms with E-state index in [-0.39, 0.29) is 0 Å². The second kappa shape index (κ2) is 6.77. The molecule has 0 aromatic rings. The van der Waals surface area contributed by atoms with Gasteiger partial charge < -0.3 is 0 Å². The highest BCUT2D eigenvalue weighted by atomic mass is 19.1. The van der Waals surface area contributed by atoms with E-state index in [0.717, 1.165) is 5.57 Å². The summed E-state index contributed by atoms with van der Waals surface area (Å²) in [6, 6.07) is 0. The molecule has 0 fully saturated rings. The lowest BCUT2D eigenvalue weighted by Crippen LogP contribution is -1.91. The third-order valence-corrected chi connectivity index (χ3v) is 1.48. The standard InChI is InChI=1S/C10H16FN/c1-9(2)10(5-4-7-11)6-8-12-3/h4-6,8-9H,7H2,1-3H3/b5-4+,10-6+,12-8?. The first-order valence-electron chi connectivity index (χ1n) is 4.07. The Morgan fingerprint density at radius 3 is 2.58 bits per heavy atom. The average molecular weight is 169 g/mol. The second-order valence-electron chi connectivity index (χ2n) is 2.79. The van der Waals surface area contributed by atoms with E-state index in [1.807, 2.05) is 6.08 Å². The van der Waals surface area contributed by atoms with Gasteiger partial charge in [-0.2, -0.15) is 0 Å². The highest BCUT2D eigenvalue weighted by molar-refractivity contribution is 5.72. The van der Waals surface area contributed by atoms with Crippen LogP contribution in [0.4, 0.5) is 4.39 Å². The van der Waals surface area contributed by atoms with Gasteiger partial charge in [0.2, 0.25) is 0 Å². The summed E-state index contributed by atoms with van der Waals surface area (Å²) in [6.07, 6.45) is 6.93. The number of alkyl halides is 1. The van der Waals surface area contributed by atoms with Gasteiger partial charge in [0.15, 0.2) is 0 Å². The van der Waals surface area contributed by atoms with Gasteiger partial charge in [-0.3, -0.25) is 4.99 Å². The van der Waals surface area contributed by atoms with Crippen LogP contribution in [-0.4, -0.2) is 19.9 Å². The highest BCUT2D eigenvalue weighted by Gasteiger charge is 1.96. The minimum atomic E-state index is -0.409. The fraction of sp³-hybridized carbons (Fsp3) is 0.500. The first kappa shape index (κ1) is 11.1. The number of allylic oxidation sites excluding steroid dienone is 4. The fourth-order valence-corrected chi connectivity index (χ4v) is 0.782. The van der Waals surface area contributed by atoms with E-state index in [1.165, 1.54) is 6.08 Å². The Morgan fingerprint density at radius 1 is 1.50 bits per heavy atom. The van der Waals surface area contributed by atoms with Crippen LogP contribution in [0.15, 0.2) is 28.8 Å². The molecule has 0 amide bonds. The van der Waals surface area contributed by atoms with Crippen LogP contribution in [0.5, 0.6) is 0 Å². The van der Waals surface area contributed by atoms with Crippen molar-refractivity contribution in [3.63, 3.8) is 0 Å². The van der Waals surface area contributed by atoms with E-state index in [1.54, 1.807) is 19.3 Å². The average Bonchev–Trinajstić information content (AvgIpc) is 2.04. The predicted octanol–water partition coefficient (Wildman–Crippen LogP) is 2.80. The van der Waals surface area contributed by atoms with Gasteiger partial charge in [-0.05, 0) is 17.6 Å². The molecule has 68 valence electrons. The summed E-state index contributed by atoms with van der Waals surface area (Å²) in [4.78, 5) is 3.84. The van der Waals surface area contributed by atoms with Crippen LogP contribution in [0.1, 0.15) is 13.8 Å². The van der Waals surface area contributed by atoms with Crippen LogP contribution in [0.25, 0.3) is 0 Å². The lowest BCUT2D eigenvalue weighted by atomic mass is 10.0. The van der Waals surface area contributed by atoms with Gasteiger partial charge in [-0.1, -0.05) is 26.0 Å². The third-order valence-electron chi connectivity index (χ3n) is 1.48. The van der Waals surface area contributed by atoms with E-state index in [2.05, 4.69) is 18.8 Å². The molecule has 0 atom stereocenters. The van der Waals surface area contributed by atoms with Gasteiger partial charge in [0.1, 0.15) is 6.67 Å². The minimum Gasteiger partial charge on any atom is -0.297 e. The molecule has 0 rings (SSSR count). The maximum Gasteiger partial charge on any atom is 0.108 e. The lowest BCUT2D eigenvalue weighted by Gasteiger charge is -2.03. The molecule has 0 aliphatic rings. The van der Waals surface area contributed by atoms with Gasteiger partial charge in [-0.25, -0.2) is 4.39 Å². The molecule has 0 N–H and O–H groups in total. The number of hydrogen-bond donors (Lipinski definition) is 0. The van der Waals surface area contributed by atoms with E-state index in [9.17, 15) is 4.39 Å². The topological polar surface area (TPSA) is 12.4 Å². The van der Waals surface area contributed by atoms with Crippen molar-refractivity contribution in [3.8, 4) is 0 Å². The van der Waals surface area contributed by atoms with Crippen molar-refractivity contribution < 1.29 is 4.39 Å². The molecule has 0 aliphatic heterocycles. The molecule has 12 heavy (non-hydrogen) atoms. The Hall–Kier alpha value is -0.920. The van der Waals surface area contributed by atoms with Crippen LogP contribution >= 0.6 is 0 Å². The normalized spacial score (nSPS) is 13.9.